The van der Waals surface area contributed by atoms with Crippen LogP contribution in [0.4, 0.5) is 17.1 Å². The van der Waals surface area contributed by atoms with Gasteiger partial charge in [-0.05, 0) is 47.5 Å². The summed E-state index contributed by atoms with van der Waals surface area (Å²) < 4.78 is 12.2. The standard InChI is InChI=1S/C21H17BrN4O6/c1-31-21-10-15(4-9-20(21)32-13-14-2-5-16(22)6-3-14)12-23-24-18-8-7-17(25(27)28)11-19(18)26(29)30/h2-12,24H,13H2,1H3/b23-12-. The van der Waals surface area contributed by atoms with Crippen LogP contribution in [-0.4, -0.2) is 23.2 Å². The van der Waals surface area contributed by atoms with Gasteiger partial charge in [0.05, 0.1) is 29.2 Å². The van der Waals surface area contributed by atoms with Crippen LogP contribution in [0.25, 0.3) is 0 Å². The number of hydrogen-bond donors (Lipinski definition) is 1. The van der Waals surface area contributed by atoms with Gasteiger partial charge in [-0.15, -0.1) is 0 Å². The third-order valence-electron chi connectivity index (χ3n) is 4.28. The highest BCUT2D eigenvalue weighted by Gasteiger charge is 2.19. The van der Waals surface area contributed by atoms with Gasteiger partial charge >= 0.3 is 5.69 Å². The van der Waals surface area contributed by atoms with Gasteiger partial charge in [0.25, 0.3) is 5.69 Å². The third-order valence-corrected chi connectivity index (χ3v) is 4.81. The van der Waals surface area contributed by atoms with Gasteiger partial charge in [0.1, 0.15) is 12.3 Å². The van der Waals surface area contributed by atoms with Crippen molar-refractivity contribution in [3.05, 3.63) is 96.5 Å². The zero-order valence-corrected chi connectivity index (χ0v) is 18.3. The summed E-state index contributed by atoms with van der Waals surface area (Å²) >= 11 is 3.39. The van der Waals surface area contributed by atoms with Crippen molar-refractivity contribution in [2.24, 2.45) is 5.10 Å². The molecule has 0 unspecified atom stereocenters. The van der Waals surface area contributed by atoms with E-state index in [9.17, 15) is 20.2 Å². The number of non-ortho nitro benzene ring substituents is 1. The predicted molar refractivity (Wildman–Crippen MR) is 122 cm³/mol. The number of hydrogen-bond acceptors (Lipinski definition) is 8. The fourth-order valence-electron chi connectivity index (χ4n) is 2.68. The summed E-state index contributed by atoms with van der Waals surface area (Å²) in [5.74, 6) is 1.04. The van der Waals surface area contributed by atoms with Gasteiger partial charge in [0, 0.05) is 10.5 Å². The van der Waals surface area contributed by atoms with Crippen LogP contribution < -0.4 is 14.9 Å². The number of ether oxygens (including phenoxy) is 2. The van der Waals surface area contributed by atoms with E-state index in [2.05, 4.69) is 26.5 Å². The van der Waals surface area contributed by atoms with E-state index < -0.39 is 15.5 Å². The van der Waals surface area contributed by atoms with Crippen molar-refractivity contribution in [1.29, 1.82) is 0 Å². The van der Waals surface area contributed by atoms with Crippen molar-refractivity contribution in [3.8, 4) is 11.5 Å². The lowest BCUT2D eigenvalue weighted by atomic mass is 10.2. The first kappa shape index (κ1) is 22.7. The molecule has 3 aromatic rings. The molecule has 0 aliphatic carbocycles. The van der Waals surface area contributed by atoms with Crippen LogP contribution in [0.5, 0.6) is 11.5 Å². The van der Waals surface area contributed by atoms with Crippen LogP contribution in [-0.2, 0) is 6.61 Å². The summed E-state index contributed by atoms with van der Waals surface area (Å²) in [6, 6.07) is 16.2. The maximum Gasteiger partial charge on any atom is 0.301 e. The number of nitrogens with zero attached hydrogens (tertiary/aromatic N) is 3. The fraction of sp³-hybridized carbons (Fsp3) is 0.0952. The molecule has 0 radical (unpaired) electrons. The SMILES string of the molecule is COc1cc(/C=N\Nc2ccc([N+](=O)[O-])cc2[N+](=O)[O-])ccc1OCc1ccc(Br)cc1. The Morgan fingerprint density at radius 3 is 2.41 bits per heavy atom. The van der Waals surface area contributed by atoms with E-state index in [0.717, 1.165) is 22.2 Å². The van der Waals surface area contributed by atoms with Crippen LogP contribution in [0.15, 0.2) is 70.2 Å². The van der Waals surface area contributed by atoms with Crippen molar-refractivity contribution < 1.29 is 19.3 Å². The Kier molecular flexibility index (Phi) is 7.34. The molecular formula is C21H17BrN4O6. The molecule has 0 saturated heterocycles. The number of rotatable bonds is 9. The number of halogens is 1. The van der Waals surface area contributed by atoms with Crippen molar-refractivity contribution in [2.75, 3.05) is 12.5 Å². The largest absolute Gasteiger partial charge is 0.493 e. The second-order valence-electron chi connectivity index (χ2n) is 6.41. The summed E-state index contributed by atoms with van der Waals surface area (Å²) in [7, 11) is 1.52. The predicted octanol–water partition coefficient (Wildman–Crippen LogP) is 5.30. The molecule has 0 fully saturated rings. The summed E-state index contributed by atoms with van der Waals surface area (Å²) in [4.78, 5) is 20.6. The topological polar surface area (TPSA) is 129 Å². The van der Waals surface area contributed by atoms with Crippen LogP contribution in [0, 0.1) is 20.2 Å². The molecule has 11 heteroatoms. The molecule has 0 spiro atoms. The van der Waals surface area contributed by atoms with Crippen LogP contribution >= 0.6 is 15.9 Å². The van der Waals surface area contributed by atoms with E-state index in [4.69, 9.17) is 9.47 Å². The molecule has 10 nitrogen and oxygen atoms in total. The molecule has 0 heterocycles. The smallest absolute Gasteiger partial charge is 0.301 e. The summed E-state index contributed by atoms with van der Waals surface area (Å²) in [6.45, 7) is 0.364. The number of methoxy groups -OCH3 is 1. The zero-order chi connectivity index (χ0) is 23.1. The van der Waals surface area contributed by atoms with Crippen molar-refractivity contribution >= 4 is 39.2 Å². The second-order valence-corrected chi connectivity index (χ2v) is 7.33. The van der Waals surface area contributed by atoms with E-state index in [0.29, 0.717) is 23.7 Å². The minimum Gasteiger partial charge on any atom is -0.493 e. The van der Waals surface area contributed by atoms with Gasteiger partial charge in [0.15, 0.2) is 11.5 Å². The molecule has 0 atom stereocenters. The molecule has 3 rings (SSSR count). The number of anilines is 1. The monoisotopic (exact) mass is 500 g/mol. The van der Waals surface area contributed by atoms with Crippen molar-refractivity contribution in [2.45, 2.75) is 6.61 Å². The normalized spacial score (nSPS) is 10.7. The number of nitro benzene ring substituents is 2. The van der Waals surface area contributed by atoms with E-state index in [1.54, 1.807) is 18.2 Å². The maximum absolute atomic E-state index is 11.2. The first-order valence-corrected chi connectivity index (χ1v) is 9.94. The number of nitrogens with one attached hydrogen (secondary N) is 1. The highest BCUT2D eigenvalue weighted by molar-refractivity contribution is 9.10. The molecule has 3 aromatic carbocycles. The highest BCUT2D eigenvalue weighted by Crippen LogP contribution is 2.30. The van der Waals surface area contributed by atoms with E-state index >= 15 is 0 Å². The molecule has 0 aliphatic rings. The Balaban J connectivity index is 1.70. The molecule has 1 N–H and O–H groups in total. The first-order chi connectivity index (χ1) is 15.4. The average Bonchev–Trinajstić information content (AvgIpc) is 2.79. The summed E-state index contributed by atoms with van der Waals surface area (Å²) in [6.07, 6.45) is 1.44. The molecule has 0 aromatic heterocycles. The van der Waals surface area contributed by atoms with Gasteiger partial charge in [-0.1, -0.05) is 28.1 Å². The first-order valence-electron chi connectivity index (χ1n) is 9.14. The quantitative estimate of drug-likeness (QED) is 0.239. The lowest BCUT2D eigenvalue weighted by molar-refractivity contribution is -0.393. The number of hydrazone groups is 1. The fourth-order valence-corrected chi connectivity index (χ4v) is 2.95. The zero-order valence-electron chi connectivity index (χ0n) is 16.7. The van der Waals surface area contributed by atoms with E-state index in [1.807, 2.05) is 24.3 Å². The minimum absolute atomic E-state index is 0.0262. The molecular weight excluding hydrogens is 484 g/mol. The Morgan fingerprint density at radius 2 is 1.75 bits per heavy atom. The highest BCUT2D eigenvalue weighted by atomic mass is 79.9. The lowest BCUT2D eigenvalue weighted by Gasteiger charge is -2.11. The lowest BCUT2D eigenvalue weighted by Crippen LogP contribution is -2.00. The summed E-state index contributed by atoms with van der Waals surface area (Å²) in [5.41, 5.74) is 3.38. The second kappa shape index (κ2) is 10.4. The Morgan fingerprint density at radius 1 is 1.00 bits per heavy atom. The van der Waals surface area contributed by atoms with Gasteiger partial charge < -0.3 is 9.47 Å². The summed E-state index contributed by atoms with van der Waals surface area (Å²) in [5, 5.41) is 26.0. The molecule has 0 amide bonds. The molecule has 164 valence electrons. The molecule has 0 aliphatic heterocycles. The van der Waals surface area contributed by atoms with Crippen molar-refractivity contribution in [3.63, 3.8) is 0 Å². The van der Waals surface area contributed by atoms with Gasteiger partial charge in [0.2, 0.25) is 0 Å². The van der Waals surface area contributed by atoms with Gasteiger partial charge in [-0.2, -0.15) is 5.10 Å². The van der Waals surface area contributed by atoms with Crippen LogP contribution in [0.1, 0.15) is 11.1 Å². The number of nitro groups is 2. The average molecular weight is 501 g/mol. The van der Waals surface area contributed by atoms with E-state index in [1.165, 1.54) is 19.4 Å². The Bertz CT molecular complexity index is 1170. The minimum atomic E-state index is -0.717. The number of benzene rings is 3. The third kappa shape index (κ3) is 5.79. The van der Waals surface area contributed by atoms with Crippen molar-refractivity contribution in [1.82, 2.24) is 0 Å². The molecule has 32 heavy (non-hydrogen) atoms. The van der Waals surface area contributed by atoms with Gasteiger partial charge in [-0.25, -0.2) is 0 Å². The Labute approximate surface area is 190 Å². The Hall–Kier alpha value is -3.99. The van der Waals surface area contributed by atoms with Crippen LogP contribution in [0.3, 0.4) is 0 Å². The van der Waals surface area contributed by atoms with Gasteiger partial charge in [-0.3, -0.25) is 25.7 Å². The van der Waals surface area contributed by atoms with Crippen LogP contribution in [0.2, 0.25) is 0 Å². The molecule has 0 bridgehead atoms. The van der Waals surface area contributed by atoms with E-state index in [-0.39, 0.29) is 11.4 Å². The maximum atomic E-state index is 11.2. The molecule has 0 saturated carbocycles.